The molecule has 1 unspecified atom stereocenters. The Hall–Kier alpha value is -1.50. The Morgan fingerprint density at radius 1 is 1.33 bits per heavy atom. The van der Waals surface area contributed by atoms with Crippen molar-refractivity contribution < 1.29 is 14.8 Å². The average Bonchev–Trinajstić information content (AvgIpc) is 2.64. The Labute approximate surface area is 125 Å². The van der Waals surface area contributed by atoms with E-state index in [4.69, 9.17) is 0 Å². The van der Waals surface area contributed by atoms with Gasteiger partial charge in [0.05, 0.1) is 5.54 Å². The smallest absolute Gasteiger partial charge is 0.339 e. The summed E-state index contributed by atoms with van der Waals surface area (Å²) in [5.74, 6) is 0. The van der Waals surface area contributed by atoms with Gasteiger partial charge >= 0.3 is 12.1 Å². The lowest BCUT2D eigenvalue weighted by Gasteiger charge is -2.42. The highest BCUT2D eigenvalue weighted by molar-refractivity contribution is 5.81. The molecule has 4 amide bonds. The lowest BCUT2D eigenvalue weighted by Crippen LogP contribution is -2.59. The highest BCUT2D eigenvalue weighted by Gasteiger charge is 2.55. The molecule has 2 aliphatic rings. The predicted molar refractivity (Wildman–Crippen MR) is 77.8 cm³/mol. The Bertz CT molecular complexity index is 420. The Morgan fingerprint density at radius 2 is 1.90 bits per heavy atom. The highest BCUT2D eigenvalue weighted by Crippen LogP contribution is 2.38. The van der Waals surface area contributed by atoms with E-state index < -0.39 is 17.7 Å². The first kappa shape index (κ1) is 15.9. The molecule has 0 aromatic heterocycles. The summed E-state index contributed by atoms with van der Waals surface area (Å²) in [5, 5.41) is 13.2. The van der Waals surface area contributed by atoms with Crippen molar-refractivity contribution in [2.45, 2.75) is 63.7 Å². The van der Waals surface area contributed by atoms with Crippen molar-refractivity contribution in [3.8, 4) is 0 Å². The summed E-state index contributed by atoms with van der Waals surface area (Å²) >= 11 is 0. The number of amides is 4. The second kappa shape index (κ2) is 5.71. The van der Waals surface area contributed by atoms with Crippen LogP contribution in [0.3, 0.4) is 0 Å². The molecule has 1 atom stereocenters. The molecule has 1 aliphatic carbocycles. The monoisotopic (exact) mass is 298 g/mol. The van der Waals surface area contributed by atoms with Gasteiger partial charge in [-0.15, -0.1) is 0 Å². The minimum Gasteiger partial charge on any atom is -0.339 e. The molecule has 1 saturated heterocycles. The Morgan fingerprint density at radius 3 is 2.43 bits per heavy atom. The molecule has 21 heavy (non-hydrogen) atoms. The molecule has 0 spiro atoms. The summed E-state index contributed by atoms with van der Waals surface area (Å²) < 4.78 is 0. The van der Waals surface area contributed by atoms with Gasteiger partial charge < -0.3 is 15.1 Å². The van der Waals surface area contributed by atoms with Crippen LogP contribution in [0.1, 0.15) is 46.0 Å². The van der Waals surface area contributed by atoms with Crippen molar-refractivity contribution in [3.63, 3.8) is 0 Å². The SMILES string of the molecule is CNC(=O)N(O)C1N(C)C(=O)N(C2CCCCC2)C1(C)C. The Balaban J connectivity index is 2.28. The van der Waals surface area contributed by atoms with E-state index in [0.29, 0.717) is 5.06 Å². The van der Waals surface area contributed by atoms with Crippen LogP contribution >= 0.6 is 0 Å². The molecule has 7 nitrogen and oxygen atoms in total. The number of urea groups is 2. The molecule has 1 aliphatic heterocycles. The first-order chi connectivity index (χ1) is 9.82. The Kier molecular flexibility index (Phi) is 4.32. The summed E-state index contributed by atoms with van der Waals surface area (Å²) in [7, 11) is 3.08. The third-order valence-corrected chi connectivity index (χ3v) is 4.72. The zero-order valence-electron chi connectivity index (χ0n) is 13.3. The van der Waals surface area contributed by atoms with Crippen molar-refractivity contribution in [1.82, 2.24) is 20.2 Å². The zero-order chi connectivity index (χ0) is 15.8. The van der Waals surface area contributed by atoms with Crippen LogP contribution < -0.4 is 5.32 Å². The van der Waals surface area contributed by atoms with Crippen LogP contribution in [-0.2, 0) is 0 Å². The van der Waals surface area contributed by atoms with Gasteiger partial charge in [-0.2, -0.15) is 5.06 Å². The molecule has 0 aromatic carbocycles. The molecule has 0 bridgehead atoms. The fraction of sp³-hybridized carbons (Fsp3) is 0.857. The summed E-state index contributed by atoms with van der Waals surface area (Å²) in [6, 6.07) is -0.551. The molecule has 2 rings (SSSR count). The van der Waals surface area contributed by atoms with Gasteiger partial charge in [0.1, 0.15) is 0 Å². The van der Waals surface area contributed by atoms with Crippen LogP contribution in [-0.4, -0.2) is 64.0 Å². The van der Waals surface area contributed by atoms with E-state index in [9.17, 15) is 14.8 Å². The summed E-state index contributed by atoms with van der Waals surface area (Å²) in [5.41, 5.74) is -0.644. The van der Waals surface area contributed by atoms with E-state index in [2.05, 4.69) is 5.32 Å². The predicted octanol–water partition coefficient (Wildman–Crippen LogP) is 1.82. The number of carbonyl (C=O) groups excluding carboxylic acids is 2. The zero-order valence-corrected chi connectivity index (χ0v) is 13.3. The lowest BCUT2D eigenvalue weighted by atomic mass is 9.90. The number of rotatable bonds is 2. The van der Waals surface area contributed by atoms with E-state index in [0.717, 1.165) is 25.7 Å². The van der Waals surface area contributed by atoms with Crippen molar-refractivity contribution in [2.75, 3.05) is 14.1 Å². The average molecular weight is 298 g/mol. The molecule has 0 radical (unpaired) electrons. The first-order valence-corrected chi connectivity index (χ1v) is 7.58. The van der Waals surface area contributed by atoms with Gasteiger partial charge in [-0.1, -0.05) is 19.3 Å². The van der Waals surface area contributed by atoms with Crippen molar-refractivity contribution in [3.05, 3.63) is 0 Å². The van der Waals surface area contributed by atoms with Gasteiger partial charge in [0.25, 0.3) is 0 Å². The summed E-state index contributed by atoms with van der Waals surface area (Å²) in [6.45, 7) is 3.81. The van der Waals surface area contributed by atoms with E-state index in [1.807, 2.05) is 18.7 Å². The normalized spacial score (nSPS) is 26.1. The summed E-state index contributed by atoms with van der Waals surface area (Å²) in [6.07, 6.45) is 4.73. The molecule has 1 heterocycles. The van der Waals surface area contributed by atoms with Crippen LogP contribution in [0.4, 0.5) is 9.59 Å². The van der Waals surface area contributed by atoms with Gasteiger partial charge in [-0.3, -0.25) is 5.21 Å². The quantitative estimate of drug-likeness (QED) is 0.603. The van der Waals surface area contributed by atoms with E-state index in [-0.39, 0.29) is 12.1 Å². The number of nitrogens with one attached hydrogen (secondary N) is 1. The van der Waals surface area contributed by atoms with Crippen LogP contribution in [0.2, 0.25) is 0 Å². The van der Waals surface area contributed by atoms with Crippen molar-refractivity contribution >= 4 is 12.1 Å². The third kappa shape index (κ3) is 2.54. The summed E-state index contributed by atoms with van der Waals surface area (Å²) in [4.78, 5) is 27.7. The van der Waals surface area contributed by atoms with Gasteiger partial charge in [-0.05, 0) is 26.7 Å². The van der Waals surface area contributed by atoms with E-state index in [1.54, 1.807) is 7.05 Å². The lowest BCUT2D eigenvalue weighted by molar-refractivity contribution is -0.131. The number of carbonyl (C=O) groups is 2. The number of likely N-dealkylation sites (N-methyl/N-ethyl adjacent to an activating group) is 1. The number of hydrogen-bond donors (Lipinski definition) is 2. The molecular weight excluding hydrogens is 272 g/mol. The minimum absolute atomic E-state index is 0.125. The standard InChI is InChI=1S/C14H26N4O3/c1-14(2)11(18(21)12(19)15-3)16(4)13(20)17(14)10-8-6-5-7-9-10/h10-11,21H,5-9H2,1-4H3,(H,15,19). The highest BCUT2D eigenvalue weighted by atomic mass is 16.5. The number of nitrogens with zero attached hydrogens (tertiary/aromatic N) is 3. The van der Waals surface area contributed by atoms with Crippen molar-refractivity contribution in [2.24, 2.45) is 0 Å². The van der Waals surface area contributed by atoms with Crippen LogP contribution in [0, 0.1) is 0 Å². The fourth-order valence-corrected chi connectivity index (χ4v) is 3.77. The molecule has 0 aromatic rings. The van der Waals surface area contributed by atoms with Crippen LogP contribution in [0.15, 0.2) is 0 Å². The molecule has 120 valence electrons. The van der Waals surface area contributed by atoms with Crippen molar-refractivity contribution in [1.29, 1.82) is 0 Å². The largest absolute Gasteiger partial charge is 0.342 e. The second-order valence-electron chi connectivity index (χ2n) is 6.48. The first-order valence-electron chi connectivity index (χ1n) is 7.58. The van der Waals surface area contributed by atoms with Gasteiger partial charge in [0.15, 0.2) is 6.17 Å². The van der Waals surface area contributed by atoms with E-state index >= 15 is 0 Å². The van der Waals surface area contributed by atoms with Gasteiger partial charge in [-0.25, -0.2) is 9.59 Å². The van der Waals surface area contributed by atoms with Crippen LogP contribution in [0.25, 0.3) is 0 Å². The van der Waals surface area contributed by atoms with Gasteiger partial charge in [0, 0.05) is 20.1 Å². The maximum Gasteiger partial charge on any atom is 0.342 e. The van der Waals surface area contributed by atoms with Crippen LogP contribution in [0.5, 0.6) is 0 Å². The molecular formula is C14H26N4O3. The molecule has 7 heteroatoms. The maximum atomic E-state index is 12.6. The number of hydroxylamine groups is 2. The van der Waals surface area contributed by atoms with Gasteiger partial charge in [0.2, 0.25) is 0 Å². The molecule has 1 saturated carbocycles. The molecule has 2 fully saturated rings. The molecule has 2 N–H and O–H groups in total. The second-order valence-corrected chi connectivity index (χ2v) is 6.48. The van der Waals surface area contributed by atoms with E-state index in [1.165, 1.54) is 18.4 Å². The topological polar surface area (TPSA) is 76.1 Å². The number of hydrogen-bond acceptors (Lipinski definition) is 3. The third-order valence-electron chi connectivity index (χ3n) is 4.72. The minimum atomic E-state index is -0.702. The maximum absolute atomic E-state index is 12.6. The fourth-order valence-electron chi connectivity index (χ4n) is 3.77.